The highest BCUT2D eigenvalue weighted by Gasteiger charge is 2.38. The van der Waals surface area contributed by atoms with Gasteiger partial charge in [0, 0.05) is 24.4 Å². The molecule has 1 aromatic carbocycles. The number of halogens is 3. The molecule has 2 heterocycles. The molecule has 1 N–H and O–H groups in total. The summed E-state index contributed by atoms with van der Waals surface area (Å²) in [6.45, 7) is 13.1. The third-order valence-corrected chi connectivity index (χ3v) is 11.5. The van der Waals surface area contributed by atoms with Gasteiger partial charge < -0.3 is 23.6 Å². The zero-order valence-corrected chi connectivity index (χ0v) is 26.3. The van der Waals surface area contributed by atoms with Gasteiger partial charge in [0.05, 0.1) is 24.7 Å². The van der Waals surface area contributed by atoms with Crippen molar-refractivity contribution in [1.82, 2.24) is 9.55 Å². The van der Waals surface area contributed by atoms with Gasteiger partial charge in [0.15, 0.2) is 25.7 Å². The third-order valence-electron chi connectivity index (χ3n) is 7.92. The molecule has 0 spiro atoms. The first-order chi connectivity index (χ1) is 19.5. The van der Waals surface area contributed by atoms with Crippen LogP contribution in [0.2, 0.25) is 18.1 Å². The summed E-state index contributed by atoms with van der Waals surface area (Å²) in [5.41, 5.74) is -0.416. The van der Waals surface area contributed by atoms with Crippen LogP contribution in [0.25, 0.3) is 11.0 Å². The fourth-order valence-corrected chi connectivity index (χ4v) is 5.36. The minimum absolute atomic E-state index is 0.0326. The van der Waals surface area contributed by atoms with Gasteiger partial charge in [0.25, 0.3) is 0 Å². The van der Waals surface area contributed by atoms with Gasteiger partial charge in [-0.05, 0) is 49.9 Å². The predicted octanol–water partition coefficient (Wildman–Crippen LogP) is 6.53. The molecular weight excluding hydrogens is 569 g/mol. The fourth-order valence-electron chi connectivity index (χ4n) is 4.61. The Bertz CT molecular complexity index is 1490. The van der Waals surface area contributed by atoms with Crippen LogP contribution in [0.1, 0.15) is 69.4 Å². The Kier molecular flexibility index (Phi) is 10.1. The number of benzene rings is 1. The molecular formula is C30H39F3N2O6Si. The van der Waals surface area contributed by atoms with Crippen molar-refractivity contribution in [2.24, 2.45) is 5.92 Å². The predicted molar refractivity (Wildman–Crippen MR) is 156 cm³/mol. The fraction of sp³-hybridized carbons (Fsp3) is 0.500. The normalized spacial score (nSPS) is 13.0. The lowest BCUT2D eigenvalue weighted by Crippen LogP contribution is -2.39. The number of hydrogen-bond donors (Lipinski definition) is 1. The largest absolute Gasteiger partial charge is 0.483 e. The lowest BCUT2D eigenvalue weighted by molar-refractivity contribution is 0.0523. The minimum atomic E-state index is -2.52. The van der Waals surface area contributed by atoms with Crippen molar-refractivity contribution in [3.63, 3.8) is 0 Å². The number of methoxy groups -OCH3 is 1. The van der Waals surface area contributed by atoms with Gasteiger partial charge in [-0.2, -0.15) is 4.98 Å². The molecule has 42 heavy (non-hydrogen) atoms. The monoisotopic (exact) mass is 608 g/mol. The number of carbonyl (C=O) groups is 1. The zero-order valence-electron chi connectivity index (χ0n) is 25.3. The molecule has 0 unspecified atom stereocenters. The molecule has 0 aliphatic carbocycles. The van der Waals surface area contributed by atoms with E-state index < -0.39 is 49.5 Å². The van der Waals surface area contributed by atoms with Gasteiger partial charge in [-0.3, -0.25) is 4.79 Å². The van der Waals surface area contributed by atoms with Crippen molar-refractivity contribution < 1.29 is 37.0 Å². The van der Waals surface area contributed by atoms with E-state index in [1.807, 2.05) is 40.8 Å². The lowest BCUT2D eigenvalue weighted by atomic mass is 9.94. The molecule has 0 amide bonds. The van der Waals surface area contributed by atoms with E-state index in [0.717, 1.165) is 0 Å². The summed E-state index contributed by atoms with van der Waals surface area (Å²) >= 11 is 0. The second kappa shape index (κ2) is 12.9. The second-order valence-corrected chi connectivity index (χ2v) is 16.3. The van der Waals surface area contributed by atoms with E-state index in [1.54, 1.807) is 11.5 Å². The second-order valence-electron chi connectivity index (χ2n) is 11.8. The molecule has 230 valence electrons. The van der Waals surface area contributed by atoms with Gasteiger partial charge in [0.2, 0.25) is 11.3 Å². The van der Waals surface area contributed by atoms with Gasteiger partial charge in [-0.25, -0.2) is 18.0 Å². The quantitative estimate of drug-likeness (QED) is 0.184. The topological polar surface area (TPSA) is 99.9 Å². The number of pyridine rings is 2. The third kappa shape index (κ3) is 6.97. The van der Waals surface area contributed by atoms with Crippen molar-refractivity contribution in [2.75, 3.05) is 13.7 Å². The zero-order chi connectivity index (χ0) is 31.6. The number of hydrogen-bond acceptors (Lipinski definition) is 7. The summed E-state index contributed by atoms with van der Waals surface area (Å²) in [4.78, 5) is 41.9. The molecule has 0 saturated heterocycles. The molecule has 8 nitrogen and oxygen atoms in total. The number of ether oxygens (including phenoxy) is 3. The molecule has 2 aromatic heterocycles. The number of nitrogens with zero attached hydrogens (tertiary/aromatic N) is 2. The van der Waals surface area contributed by atoms with E-state index in [1.165, 1.54) is 19.4 Å². The van der Waals surface area contributed by atoms with Crippen LogP contribution >= 0.6 is 0 Å². The Labute approximate surface area is 244 Å². The summed E-state index contributed by atoms with van der Waals surface area (Å²) in [6, 6.07) is 2.16. The van der Waals surface area contributed by atoms with E-state index in [9.17, 15) is 27.6 Å². The Morgan fingerprint density at radius 3 is 2.29 bits per heavy atom. The molecule has 0 aliphatic heterocycles. The minimum Gasteiger partial charge on any atom is -0.483 e. The maximum Gasteiger partial charge on any atom is 0.343 e. The van der Waals surface area contributed by atoms with Crippen LogP contribution in [0, 0.1) is 23.4 Å². The molecule has 0 fully saturated rings. The number of carbonyl (C=O) groups excluding carboxylic acids is 1. The summed E-state index contributed by atoms with van der Waals surface area (Å²) in [5.74, 6) is -5.09. The van der Waals surface area contributed by atoms with Crippen LogP contribution in [0.3, 0.4) is 0 Å². The number of esters is 1. The van der Waals surface area contributed by atoms with Gasteiger partial charge in [0.1, 0.15) is 23.6 Å². The van der Waals surface area contributed by atoms with Crippen molar-refractivity contribution in [2.45, 2.75) is 78.2 Å². The summed E-state index contributed by atoms with van der Waals surface area (Å²) in [7, 11) is -1.17. The summed E-state index contributed by atoms with van der Waals surface area (Å²) < 4.78 is 59.5. The van der Waals surface area contributed by atoms with Crippen molar-refractivity contribution in [1.29, 1.82) is 0 Å². The smallest absolute Gasteiger partial charge is 0.343 e. The Morgan fingerprint density at radius 1 is 1.14 bits per heavy atom. The standard InChI is InChI=1S/C30H39F3N2O6Si/c1-9-40-29(37)21-15-35(24(17(2)3)10-11-30(4,5)42(7,8)38)27-20(25(21)36)12-18(28(34-27)39-6)16-41-26-22(32)13-19(31)14-23(26)33/h12-15,17,24,38H,9-11,16H2,1-8H3/t24-/m1/s1. The molecule has 0 saturated carbocycles. The number of aromatic nitrogens is 2. The van der Waals surface area contributed by atoms with Crippen LogP contribution in [-0.2, 0) is 11.3 Å². The van der Waals surface area contributed by atoms with Crippen LogP contribution in [-0.4, -0.2) is 42.4 Å². The molecule has 1 atom stereocenters. The van der Waals surface area contributed by atoms with Crippen LogP contribution < -0.4 is 14.9 Å². The average molecular weight is 609 g/mol. The highest BCUT2D eigenvalue weighted by atomic mass is 28.4. The molecule has 12 heteroatoms. The van der Waals surface area contributed by atoms with E-state index >= 15 is 0 Å². The van der Waals surface area contributed by atoms with Gasteiger partial charge in [-0.15, -0.1) is 0 Å². The Morgan fingerprint density at radius 2 is 1.76 bits per heavy atom. The van der Waals surface area contributed by atoms with Gasteiger partial charge in [-0.1, -0.05) is 27.7 Å². The van der Waals surface area contributed by atoms with Crippen LogP contribution in [0.5, 0.6) is 11.6 Å². The maximum atomic E-state index is 14.2. The van der Waals surface area contributed by atoms with Crippen molar-refractivity contribution >= 4 is 25.3 Å². The van der Waals surface area contributed by atoms with E-state index in [2.05, 4.69) is 4.98 Å². The first kappa shape index (κ1) is 33.1. The average Bonchev–Trinajstić information content (AvgIpc) is 2.88. The molecule has 0 bridgehead atoms. The summed E-state index contributed by atoms with van der Waals surface area (Å²) in [6.07, 6.45) is 2.74. The Balaban J connectivity index is 2.20. The molecule has 3 aromatic rings. The highest BCUT2D eigenvalue weighted by molar-refractivity contribution is 6.72. The number of rotatable bonds is 12. The van der Waals surface area contributed by atoms with Gasteiger partial charge >= 0.3 is 5.97 Å². The first-order valence-corrected chi connectivity index (χ1v) is 16.8. The van der Waals surface area contributed by atoms with E-state index in [4.69, 9.17) is 14.2 Å². The lowest BCUT2D eigenvalue weighted by Gasteiger charge is -2.37. The maximum absolute atomic E-state index is 14.2. The van der Waals surface area contributed by atoms with E-state index in [-0.39, 0.29) is 51.6 Å². The SMILES string of the molecule is CCOC(=O)c1cn([C@H](CCC(C)(C)[Si](C)(C)O)C(C)C)c2nc(OC)c(COc3c(F)cc(F)cc3F)cc2c1=O. The van der Waals surface area contributed by atoms with E-state index in [0.29, 0.717) is 25.0 Å². The summed E-state index contributed by atoms with van der Waals surface area (Å²) in [5, 5.41) is -0.263. The first-order valence-electron chi connectivity index (χ1n) is 13.8. The number of fused-ring (bicyclic) bond motifs is 1. The molecule has 0 radical (unpaired) electrons. The van der Waals surface area contributed by atoms with Crippen molar-refractivity contribution in [3.05, 3.63) is 63.2 Å². The highest BCUT2D eigenvalue weighted by Crippen LogP contribution is 2.43. The molecule has 0 aliphatic rings. The van der Waals surface area contributed by atoms with Crippen LogP contribution in [0.15, 0.2) is 29.2 Å². The van der Waals surface area contributed by atoms with Crippen LogP contribution in [0.4, 0.5) is 13.2 Å². The Hall–Kier alpha value is -3.38. The molecule has 3 rings (SSSR count). The van der Waals surface area contributed by atoms with Crippen molar-refractivity contribution in [3.8, 4) is 11.6 Å².